The largest absolute Gasteiger partial charge is 0.252 e. The van der Waals surface area contributed by atoms with Gasteiger partial charge in [-0.3, -0.25) is 4.98 Å². The van der Waals surface area contributed by atoms with Gasteiger partial charge in [0.2, 0.25) is 0 Å². The van der Waals surface area contributed by atoms with Gasteiger partial charge in [0.1, 0.15) is 0 Å². The number of hydrogen-bond acceptors (Lipinski definition) is 2. The van der Waals surface area contributed by atoms with Crippen LogP contribution in [-0.4, -0.2) is 9.97 Å². The SMILES string of the molecule is c1ccc(-c2ncc(-c3ccc(-c4cc5ccc6cccc7c8ccccc8c8ccccc8c(c4)c5c67)c4ccccc34)nc2-c2ccccc2)cc1. The van der Waals surface area contributed by atoms with E-state index in [0.717, 1.165) is 39.2 Å². The first-order valence-corrected chi connectivity index (χ1v) is 18.5. The maximum absolute atomic E-state index is 5.35. The fourth-order valence-corrected chi connectivity index (χ4v) is 8.64. The van der Waals surface area contributed by atoms with Crippen LogP contribution in [0.5, 0.6) is 0 Å². The van der Waals surface area contributed by atoms with E-state index in [9.17, 15) is 0 Å². The van der Waals surface area contributed by atoms with Gasteiger partial charge < -0.3 is 0 Å². The molecule has 11 rings (SSSR count). The summed E-state index contributed by atoms with van der Waals surface area (Å²) in [5, 5.41) is 15.0. The summed E-state index contributed by atoms with van der Waals surface area (Å²) in [7, 11) is 0. The topological polar surface area (TPSA) is 25.8 Å². The zero-order valence-corrected chi connectivity index (χ0v) is 29.4. The number of benzene rings is 9. The molecular formula is C52H32N2. The molecule has 0 atom stereocenters. The molecule has 0 saturated carbocycles. The summed E-state index contributed by atoms with van der Waals surface area (Å²) >= 11 is 0. The van der Waals surface area contributed by atoms with Crippen LogP contribution in [0.2, 0.25) is 0 Å². The molecule has 10 aromatic carbocycles. The molecule has 1 aromatic heterocycles. The molecule has 0 saturated heterocycles. The summed E-state index contributed by atoms with van der Waals surface area (Å²) in [6, 6.07) is 67.8. The van der Waals surface area contributed by atoms with Crippen LogP contribution in [0.15, 0.2) is 194 Å². The van der Waals surface area contributed by atoms with Crippen LogP contribution >= 0.6 is 0 Å². The fraction of sp³-hybridized carbons (Fsp3) is 0. The van der Waals surface area contributed by atoms with Gasteiger partial charge in [-0.15, -0.1) is 0 Å². The van der Waals surface area contributed by atoms with Crippen molar-refractivity contribution >= 4 is 64.6 Å². The minimum atomic E-state index is 0.851. The predicted octanol–water partition coefficient (Wildman–Crippen LogP) is 14.1. The predicted molar refractivity (Wildman–Crippen MR) is 229 cm³/mol. The van der Waals surface area contributed by atoms with Crippen LogP contribution in [0.1, 0.15) is 0 Å². The normalized spacial score (nSPS) is 11.7. The summed E-state index contributed by atoms with van der Waals surface area (Å²) in [4.78, 5) is 10.4. The zero-order valence-electron chi connectivity index (χ0n) is 29.4. The second-order valence-electron chi connectivity index (χ2n) is 14.1. The molecule has 0 spiro atoms. The number of aromatic nitrogens is 2. The van der Waals surface area contributed by atoms with E-state index in [1.165, 1.54) is 70.4 Å². The summed E-state index contributed by atoms with van der Waals surface area (Å²) in [5.41, 5.74) is 8.14. The van der Waals surface area contributed by atoms with Crippen LogP contribution in [-0.2, 0) is 0 Å². The Balaban J connectivity index is 1.18. The Kier molecular flexibility index (Phi) is 6.90. The van der Waals surface area contributed by atoms with E-state index < -0.39 is 0 Å². The van der Waals surface area contributed by atoms with Crippen molar-refractivity contribution in [1.82, 2.24) is 9.97 Å². The Morgan fingerprint density at radius 2 is 0.796 bits per heavy atom. The maximum atomic E-state index is 5.35. The van der Waals surface area contributed by atoms with E-state index in [0.29, 0.717) is 0 Å². The van der Waals surface area contributed by atoms with Gasteiger partial charge in [-0.05, 0) is 87.9 Å². The molecule has 0 aliphatic heterocycles. The van der Waals surface area contributed by atoms with Gasteiger partial charge >= 0.3 is 0 Å². The Morgan fingerprint density at radius 3 is 1.48 bits per heavy atom. The van der Waals surface area contributed by atoms with Crippen molar-refractivity contribution in [2.45, 2.75) is 0 Å². The average Bonchev–Trinajstić information content (AvgIpc) is 3.25. The Hall–Kier alpha value is -7.16. The smallest absolute Gasteiger partial charge is 0.0972 e. The highest BCUT2D eigenvalue weighted by atomic mass is 14.8. The first kappa shape index (κ1) is 30.5. The van der Waals surface area contributed by atoms with Gasteiger partial charge in [0.15, 0.2) is 0 Å². The van der Waals surface area contributed by atoms with E-state index in [-0.39, 0.29) is 0 Å². The third kappa shape index (κ3) is 4.74. The third-order valence-corrected chi connectivity index (χ3v) is 11.1. The van der Waals surface area contributed by atoms with Crippen LogP contribution < -0.4 is 0 Å². The van der Waals surface area contributed by atoms with Gasteiger partial charge in [0, 0.05) is 16.7 Å². The van der Waals surface area contributed by atoms with Crippen molar-refractivity contribution in [1.29, 1.82) is 0 Å². The van der Waals surface area contributed by atoms with E-state index in [1.807, 2.05) is 18.3 Å². The van der Waals surface area contributed by atoms with Gasteiger partial charge in [-0.2, -0.15) is 0 Å². The number of nitrogens with zero attached hydrogens (tertiary/aromatic N) is 2. The Morgan fingerprint density at radius 1 is 0.296 bits per heavy atom. The monoisotopic (exact) mass is 684 g/mol. The molecule has 11 aromatic rings. The molecule has 0 aliphatic rings. The zero-order chi connectivity index (χ0) is 35.6. The Labute approximate surface area is 312 Å². The summed E-state index contributed by atoms with van der Waals surface area (Å²) in [5.74, 6) is 0. The van der Waals surface area contributed by atoms with Gasteiger partial charge in [-0.1, -0.05) is 176 Å². The second kappa shape index (κ2) is 12.2. The Bertz CT molecular complexity index is 3260. The highest BCUT2D eigenvalue weighted by molar-refractivity contribution is 6.33. The van der Waals surface area contributed by atoms with Crippen molar-refractivity contribution in [2.24, 2.45) is 0 Å². The molecule has 0 aliphatic carbocycles. The van der Waals surface area contributed by atoms with Crippen LogP contribution in [0.4, 0.5) is 0 Å². The first-order chi connectivity index (χ1) is 26.8. The van der Waals surface area contributed by atoms with Gasteiger partial charge in [0.25, 0.3) is 0 Å². The van der Waals surface area contributed by atoms with Crippen LogP contribution in [0, 0.1) is 0 Å². The van der Waals surface area contributed by atoms with E-state index in [4.69, 9.17) is 9.97 Å². The number of fused-ring (bicyclic) bond motifs is 6. The maximum Gasteiger partial charge on any atom is 0.0972 e. The summed E-state index contributed by atoms with van der Waals surface area (Å²) in [6.45, 7) is 0. The van der Waals surface area contributed by atoms with Gasteiger partial charge in [-0.25, -0.2) is 4.98 Å². The van der Waals surface area contributed by atoms with Crippen molar-refractivity contribution in [3.05, 3.63) is 194 Å². The van der Waals surface area contributed by atoms with Crippen LogP contribution in [0.25, 0.3) is 110 Å². The van der Waals surface area contributed by atoms with E-state index >= 15 is 0 Å². The lowest BCUT2D eigenvalue weighted by Gasteiger charge is -2.17. The number of hydrogen-bond donors (Lipinski definition) is 0. The molecule has 54 heavy (non-hydrogen) atoms. The fourth-order valence-electron chi connectivity index (χ4n) is 8.64. The molecule has 0 unspecified atom stereocenters. The molecule has 0 fully saturated rings. The molecule has 0 bridgehead atoms. The quantitative estimate of drug-likeness (QED) is 0.172. The van der Waals surface area contributed by atoms with Gasteiger partial charge in [0.05, 0.1) is 23.3 Å². The first-order valence-electron chi connectivity index (χ1n) is 18.5. The molecule has 0 radical (unpaired) electrons. The lowest BCUT2D eigenvalue weighted by molar-refractivity contribution is 1.21. The average molecular weight is 685 g/mol. The third-order valence-electron chi connectivity index (χ3n) is 11.1. The highest BCUT2D eigenvalue weighted by Crippen LogP contribution is 2.44. The van der Waals surface area contributed by atoms with Crippen molar-refractivity contribution in [3.8, 4) is 44.9 Å². The second-order valence-corrected chi connectivity index (χ2v) is 14.1. The molecule has 0 N–H and O–H groups in total. The minimum Gasteiger partial charge on any atom is -0.252 e. The molecule has 2 nitrogen and oxygen atoms in total. The van der Waals surface area contributed by atoms with Crippen molar-refractivity contribution < 1.29 is 0 Å². The standard InChI is InChI=1S/C52H32N2/c1-3-14-34(15-4-1)51-52(35-16-5-2-6-17-35)54-48(32-53-51)45-29-28-38(39-19-7-10-22-42(39)45)37-30-36-27-26-33-18-13-25-46-43-23-11-8-20-40(43)41-21-9-12-24-44(41)47(31-37)50(36)49(33)46/h1-32H. The lowest BCUT2D eigenvalue weighted by Crippen LogP contribution is -1.97. The number of rotatable bonds is 4. The molecular weight excluding hydrogens is 653 g/mol. The van der Waals surface area contributed by atoms with Crippen LogP contribution in [0.3, 0.4) is 0 Å². The van der Waals surface area contributed by atoms with Crippen molar-refractivity contribution in [3.63, 3.8) is 0 Å². The summed E-state index contributed by atoms with van der Waals surface area (Å²) < 4.78 is 0. The lowest BCUT2D eigenvalue weighted by atomic mass is 9.87. The highest BCUT2D eigenvalue weighted by Gasteiger charge is 2.18. The van der Waals surface area contributed by atoms with E-state index in [1.54, 1.807) is 0 Å². The van der Waals surface area contributed by atoms with Crippen molar-refractivity contribution in [2.75, 3.05) is 0 Å². The molecule has 250 valence electrons. The molecule has 2 heteroatoms. The summed E-state index contributed by atoms with van der Waals surface area (Å²) in [6.07, 6.45) is 1.93. The molecule has 1 heterocycles. The minimum absolute atomic E-state index is 0.851. The van der Waals surface area contributed by atoms with E-state index in [2.05, 4.69) is 176 Å². The molecule has 0 amide bonds.